The maximum Gasteiger partial charge on any atom is 0.306 e. The molecular formula is C63H104O6. The molecule has 6 heteroatoms. The number of rotatable bonds is 50. The van der Waals surface area contributed by atoms with Crippen molar-refractivity contribution in [3.8, 4) is 0 Å². The Balaban J connectivity index is 4.44. The number of hydrogen-bond donors (Lipinski definition) is 0. The maximum absolute atomic E-state index is 12.9. The summed E-state index contributed by atoms with van der Waals surface area (Å²) in [6, 6.07) is 0. The maximum atomic E-state index is 12.9. The van der Waals surface area contributed by atoms with Gasteiger partial charge in [0.1, 0.15) is 13.2 Å². The Morgan fingerprint density at radius 3 is 0.957 bits per heavy atom. The van der Waals surface area contributed by atoms with E-state index in [1.807, 2.05) is 54.7 Å². The largest absolute Gasteiger partial charge is 0.462 e. The van der Waals surface area contributed by atoms with Gasteiger partial charge >= 0.3 is 17.9 Å². The molecule has 0 heterocycles. The van der Waals surface area contributed by atoms with Crippen molar-refractivity contribution in [1.29, 1.82) is 0 Å². The highest BCUT2D eigenvalue weighted by Gasteiger charge is 2.19. The summed E-state index contributed by atoms with van der Waals surface area (Å²) in [5.41, 5.74) is 0. The van der Waals surface area contributed by atoms with Gasteiger partial charge in [0.15, 0.2) is 6.10 Å². The molecule has 0 spiro atoms. The van der Waals surface area contributed by atoms with Crippen molar-refractivity contribution in [2.75, 3.05) is 13.2 Å². The molecule has 0 saturated carbocycles. The van der Waals surface area contributed by atoms with Crippen molar-refractivity contribution in [2.45, 2.75) is 258 Å². The fourth-order valence-corrected chi connectivity index (χ4v) is 7.63. The Labute approximate surface area is 425 Å². The van der Waals surface area contributed by atoms with Gasteiger partial charge in [0, 0.05) is 19.3 Å². The first-order valence-corrected chi connectivity index (χ1v) is 28.5. The van der Waals surface area contributed by atoms with Crippen molar-refractivity contribution in [2.24, 2.45) is 0 Å². The topological polar surface area (TPSA) is 78.9 Å². The van der Waals surface area contributed by atoms with Crippen LogP contribution in [0.15, 0.2) is 109 Å². The van der Waals surface area contributed by atoms with Crippen molar-refractivity contribution < 1.29 is 28.6 Å². The van der Waals surface area contributed by atoms with Gasteiger partial charge in [-0.15, -0.1) is 0 Å². The fourth-order valence-electron chi connectivity index (χ4n) is 7.63. The minimum atomic E-state index is -0.812. The molecule has 1 atom stereocenters. The normalized spacial score (nSPS) is 12.9. The quantitative estimate of drug-likeness (QED) is 0.0262. The number of carbonyl (C=O) groups excluding carboxylic acids is 3. The predicted molar refractivity (Wildman–Crippen MR) is 297 cm³/mol. The Bertz CT molecular complexity index is 1420. The van der Waals surface area contributed by atoms with Gasteiger partial charge in [-0.2, -0.15) is 0 Å². The minimum Gasteiger partial charge on any atom is -0.462 e. The third-order valence-corrected chi connectivity index (χ3v) is 11.9. The van der Waals surface area contributed by atoms with Crippen LogP contribution < -0.4 is 0 Å². The van der Waals surface area contributed by atoms with Crippen LogP contribution in [0.1, 0.15) is 252 Å². The van der Waals surface area contributed by atoms with Crippen molar-refractivity contribution >= 4 is 17.9 Å². The molecule has 0 aromatic rings. The van der Waals surface area contributed by atoms with E-state index in [-0.39, 0.29) is 37.5 Å². The van der Waals surface area contributed by atoms with E-state index in [1.165, 1.54) is 154 Å². The monoisotopic (exact) mass is 957 g/mol. The molecule has 392 valence electrons. The highest BCUT2D eigenvalue weighted by atomic mass is 16.6. The second-order valence-electron chi connectivity index (χ2n) is 18.6. The van der Waals surface area contributed by atoms with E-state index < -0.39 is 6.10 Å². The third kappa shape index (κ3) is 54.9. The lowest BCUT2D eigenvalue weighted by Crippen LogP contribution is -2.30. The van der Waals surface area contributed by atoms with Gasteiger partial charge in [-0.05, 0) is 83.5 Å². The predicted octanol–water partition coefficient (Wildman–Crippen LogP) is 19.1. The number of hydrogen-bond acceptors (Lipinski definition) is 6. The van der Waals surface area contributed by atoms with Crippen LogP contribution in [-0.2, 0) is 28.6 Å². The summed E-state index contributed by atoms with van der Waals surface area (Å²) in [6.45, 7) is 6.38. The number of ether oxygens (including phenoxy) is 3. The molecule has 0 aliphatic heterocycles. The smallest absolute Gasteiger partial charge is 0.306 e. The van der Waals surface area contributed by atoms with Gasteiger partial charge in [0.2, 0.25) is 0 Å². The summed E-state index contributed by atoms with van der Waals surface area (Å²) < 4.78 is 16.8. The standard InChI is InChI=1S/C63H104O6/c1-4-7-10-13-16-19-22-25-27-29-31-33-35-38-41-44-47-50-53-56-62(65)68-59-60(58-67-61(64)55-52-49-46-43-40-37-24-21-18-15-12-9-6-3)69-63(66)57-54-51-48-45-42-39-36-34-32-30-28-26-23-20-17-14-11-8-5-2/h9,12,15-26,37,40,43,46,60H,4-8,10-11,13-14,27-36,38-39,41-42,44-45,47-59H2,1-3H3/b12-9-,18-15-,19-16-,20-17-,24-21-,25-22-,26-23-,40-37-,46-43-. The summed E-state index contributed by atoms with van der Waals surface area (Å²) in [5.74, 6) is -0.988. The average molecular weight is 958 g/mol. The number of unbranched alkanes of at least 4 members (excludes halogenated alkanes) is 27. The molecule has 0 aliphatic carbocycles. The van der Waals surface area contributed by atoms with Crippen molar-refractivity contribution in [1.82, 2.24) is 0 Å². The lowest BCUT2D eigenvalue weighted by atomic mass is 10.1. The van der Waals surface area contributed by atoms with Crippen LogP contribution in [0.4, 0.5) is 0 Å². The molecule has 0 fully saturated rings. The highest BCUT2D eigenvalue weighted by Crippen LogP contribution is 2.15. The molecule has 0 bridgehead atoms. The van der Waals surface area contributed by atoms with Crippen LogP contribution in [0.3, 0.4) is 0 Å². The molecule has 0 aliphatic rings. The summed E-state index contributed by atoms with van der Waals surface area (Å²) in [5, 5.41) is 0. The molecule has 6 nitrogen and oxygen atoms in total. The van der Waals surface area contributed by atoms with Gasteiger partial charge < -0.3 is 14.2 Å². The van der Waals surface area contributed by atoms with E-state index in [4.69, 9.17) is 14.2 Å². The van der Waals surface area contributed by atoms with Crippen LogP contribution in [0.2, 0.25) is 0 Å². The zero-order valence-corrected chi connectivity index (χ0v) is 44.8. The molecule has 69 heavy (non-hydrogen) atoms. The molecule has 0 aromatic heterocycles. The van der Waals surface area contributed by atoms with Crippen LogP contribution >= 0.6 is 0 Å². The first-order valence-electron chi connectivity index (χ1n) is 28.5. The number of esters is 3. The van der Waals surface area contributed by atoms with Crippen LogP contribution in [0.5, 0.6) is 0 Å². The molecular weight excluding hydrogens is 853 g/mol. The SMILES string of the molecule is CC\C=C/C=C\C=C/C=C\C=C/CCCC(=O)OCC(COC(=O)CCCCCCCCCCCC/C=C\C=C/CCCCC)OC(=O)CCCCCCCCCCCC/C=C\C=C/CCCCC. The third-order valence-electron chi connectivity index (χ3n) is 11.9. The average Bonchev–Trinajstić information content (AvgIpc) is 3.35. The molecule has 0 aromatic carbocycles. The fraction of sp³-hybridized carbons (Fsp3) is 0.667. The van der Waals surface area contributed by atoms with Crippen molar-refractivity contribution in [3.63, 3.8) is 0 Å². The van der Waals surface area contributed by atoms with Gasteiger partial charge in [-0.25, -0.2) is 0 Å². The summed E-state index contributed by atoms with van der Waals surface area (Å²) in [4.78, 5) is 38.1. The van der Waals surface area contributed by atoms with Gasteiger partial charge in [-0.1, -0.05) is 259 Å². The Hall–Kier alpha value is -3.93. The summed E-state index contributed by atoms with van der Waals surface area (Å²) >= 11 is 0. The second-order valence-corrected chi connectivity index (χ2v) is 18.6. The zero-order valence-electron chi connectivity index (χ0n) is 44.8. The van der Waals surface area contributed by atoms with Gasteiger partial charge in [0.05, 0.1) is 0 Å². The molecule has 0 N–H and O–H groups in total. The van der Waals surface area contributed by atoms with Crippen molar-refractivity contribution in [3.05, 3.63) is 109 Å². The van der Waals surface area contributed by atoms with Gasteiger partial charge in [-0.3, -0.25) is 14.4 Å². The van der Waals surface area contributed by atoms with Crippen LogP contribution in [-0.4, -0.2) is 37.2 Å². The lowest BCUT2D eigenvalue weighted by Gasteiger charge is -2.18. The number of carbonyl (C=O) groups is 3. The van der Waals surface area contributed by atoms with E-state index in [1.54, 1.807) is 0 Å². The number of allylic oxidation sites excluding steroid dienone is 18. The van der Waals surface area contributed by atoms with E-state index in [2.05, 4.69) is 75.5 Å². The van der Waals surface area contributed by atoms with E-state index in [9.17, 15) is 14.4 Å². The molecule has 1 unspecified atom stereocenters. The van der Waals surface area contributed by atoms with E-state index in [0.29, 0.717) is 19.3 Å². The van der Waals surface area contributed by atoms with Gasteiger partial charge in [0.25, 0.3) is 0 Å². The molecule has 0 saturated heterocycles. The Morgan fingerprint density at radius 1 is 0.304 bits per heavy atom. The first-order chi connectivity index (χ1) is 34.0. The summed E-state index contributed by atoms with van der Waals surface area (Å²) in [6.07, 6.45) is 76.5. The van der Waals surface area contributed by atoms with Crippen LogP contribution in [0.25, 0.3) is 0 Å². The molecule has 0 amide bonds. The zero-order chi connectivity index (χ0) is 50.0. The van der Waals surface area contributed by atoms with E-state index in [0.717, 1.165) is 51.4 Å². The molecule has 0 rings (SSSR count). The Kier molecular flexibility index (Phi) is 53.4. The second kappa shape index (κ2) is 56.7. The summed E-state index contributed by atoms with van der Waals surface area (Å²) in [7, 11) is 0. The van der Waals surface area contributed by atoms with Crippen LogP contribution in [0, 0.1) is 0 Å². The highest BCUT2D eigenvalue weighted by molar-refractivity contribution is 5.71. The van der Waals surface area contributed by atoms with E-state index >= 15 is 0 Å². The molecule has 0 radical (unpaired) electrons. The lowest BCUT2D eigenvalue weighted by molar-refractivity contribution is -0.167. The Morgan fingerprint density at radius 2 is 0.580 bits per heavy atom. The minimum absolute atomic E-state index is 0.105. The first kappa shape index (κ1) is 65.1.